The largest absolute Gasteiger partial charge is 0.444 e. The summed E-state index contributed by atoms with van der Waals surface area (Å²) in [5.74, 6) is 8.94. The number of nitrogen functional groups attached to an aromatic ring is 1. The van der Waals surface area contributed by atoms with Gasteiger partial charge in [0.05, 0.1) is 12.7 Å². The molecule has 0 aliphatic rings. The minimum atomic E-state index is 0.471. The Morgan fingerprint density at radius 2 is 2.00 bits per heavy atom. The van der Waals surface area contributed by atoms with Crippen molar-refractivity contribution in [1.29, 1.82) is 0 Å². The molecule has 2 aromatic heterocycles. The summed E-state index contributed by atoms with van der Waals surface area (Å²) in [6.45, 7) is 6.22. The van der Waals surface area contributed by atoms with Crippen molar-refractivity contribution < 1.29 is 4.42 Å². The van der Waals surface area contributed by atoms with Crippen LogP contribution in [0.25, 0.3) is 0 Å². The molecule has 102 valence electrons. The summed E-state index contributed by atoms with van der Waals surface area (Å²) >= 11 is 0. The third kappa shape index (κ3) is 3.00. The average molecular weight is 262 g/mol. The predicted octanol–water partition coefficient (Wildman–Crippen LogP) is 1.54. The fraction of sp³-hybridized carbons (Fsp3) is 0.417. The van der Waals surface area contributed by atoms with Gasteiger partial charge in [0.2, 0.25) is 5.89 Å². The number of nitrogens with zero attached hydrogens (tertiary/aromatic N) is 3. The first kappa shape index (κ1) is 13.3. The van der Waals surface area contributed by atoms with Gasteiger partial charge in [0.1, 0.15) is 23.2 Å². The number of aryl methyl sites for hydroxylation is 2. The van der Waals surface area contributed by atoms with Crippen molar-refractivity contribution in [2.45, 2.75) is 33.7 Å². The second-order valence-corrected chi connectivity index (χ2v) is 4.18. The summed E-state index contributed by atoms with van der Waals surface area (Å²) in [6.07, 6.45) is 2.43. The van der Waals surface area contributed by atoms with Crippen LogP contribution in [0.5, 0.6) is 0 Å². The van der Waals surface area contributed by atoms with Crippen molar-refractivity contribution in [1.82, 2.24) is 15.0 Å². The van der Waals surface area contributed by atoms with E-state index in [1.54, 1.807) is 6.20 Å². The van der Waals surface area contributed by atoms with E-state index in [0.717, 1.165) is 29.4 Å². The lowest BCUT2D eigenvalue weighted by molar-refractivity contribution is 0.478. The quantitative estimate of drug-likeness (QED) is 0.555. The maximum absolute atomic E-state index is 5.45. The maximum atomic E-state index is 5.45. The lowest BCUT2D eigenvalue weighted by Crippen LogP contribution is -2.14. The predicted molar refractivity (Wildman–Crippen MR) is 72.5 cm³/mol. The lowest BCUT2D eigenvalue weighted by atomic mass is 10.3. The first-order chi connectivity index (χ1) is 9.13. The molecule has 0 bridgehead atoms. The Hall–Kier alpha value is -2.15. The molecule has 4 N–H and O–H groups in total. The van der Waals surface area contributed by atoms with Crippen LogP contribution in [0.4, 0.5) is 11.6 Å². The highest BCUT2D eigenvalue weighted by Crippen LogP contribution is 2.20. The van der Waals surface area contributed by atoms with Crippen molar-refractivity contribution in [3.8, 4) is 0 Å². The van der Waals surface area contributed by atoms with Crippen LogP contribution in [0.1, 0.15) is 30.0 Å². The van der Waals surface area contributed by atoms with Crippen LogP contribution in [-0.2, 0) is 13.0 Å². The Morgan fingerprint density at radius 3 is 2.58 bits per heavy atom. The van der Waals surface area contributed by atoms with E-state index in [9.17, 15) is 0 Å². The van der Waals surface area contributed by atoms with Crippen LogP contribution in [0.3, 0.4) is 0 Å². The van der Waals surface area contributed by atoms with Crippen LogP contribution in [0, 0.1) is 13.8 Å². The van der Waals surface area contributed by atoms with Gasteiger partial charge in [-0.25, -0.2) is 20.8 Å². The van der Waals surface area contributed by atoms with E-state index in [2.05, 4.69) is 25.7 Å². The molecule has 7 nitrogen and oxygen atoms in total. The monoisotopic (exact) mass is 262 g/mol. The van der Waals surface area contributed by atoms with E-state index >= 15 is 0 Å². The standard InChI is InChI=1S/C12H18N6O/c1-4-9-16-11(8(3)12(17-9)18-13)15-6-10-14-5-7(2)19-10/h5H,4,6,13H2,1-3H3,(H2,15,16,17,18). The van der Waals surface area contributed by atoms with Crippen LogP contribution >= 0.6 is 0 Å². The normalized spacial score (nSPS) is 10.5. The summed E-state index contributed by atoms with van der Waals surface area (Å²) in [4.78, 5) is 12.9. The Balaban J connectivity index is 2.19. The van der Waals surface area contributed by atoms with Crippen LogP contribution in [0.2, 0.25) is 0 Å². The molecule has 0 radical (unpaired) electrons. The number of hydrazine groups is 1. The maximum Gasteiger partial charge on any atom is 0.213 e. The molecule has 0 aliphatic carbocycles. The first-order valence-corrected chi connectivity index (χ1v) is 6.13. The summed E-state index contributed by atoms with van der Waals surface area (Å²) in [6, 6.07) is 0. The first-order valence-electron chi connectivity index (χ1n) is 6.13. The third-order valence-electron chi connectivity index (χ3n) is 2.72. The molecule has 19 heavy (non-hydrogen) atoms. The number of oxazole rings is 1. The van der Waals surface area contributed by atoms with E-state index in [1.165, 1.54) is 0 Å². The number of aromatic nitrogens is 3. The molecule has 2 rings (SSSR count). The summed E-state index contributed by atoms with van der Waals surface area (Å²) in [5.41, 5.74) is 3.45. The molecule has 0 spiro atoms. The Kier molecular flexibility index (Phi) is 3.96. The summed E-state index contributed by atoms with van der Waals surface area (Å²) < 4.78 is 5.40. The zero-order valence-corrected chi connectivity index (χ0v) is 11.3. The van der Waals surface area contributed by atoms with E-state index < -0.39 is 0 Å². The van der Waals surface area contributed by atoms with Crippen LogP contribution < -0.4 is 16.6 Å². The van der Waals surface area contributed by atoms with Gasteiger partial charge in [-0.15, -0.1) is 0 Å². The smallest absolute Gasteiger partial charge is 0.213 e. The molecular formula is C12H18N6O. The molecule has 0 aliphatic heterocycles. The summed E-state index contributed by atoms with van der Waals surface area (Å²) in [5, 5.41) is 3.19. The summed E-state index contributed by atoms with van der Waals surface area (Å²) in [7, 11) is 0. The van der Waals surface area contributed by atoms with Crippen LogP contribution in [-0.4, -0.2) is 15.0 Å². The number of nitrogens with one attached hydrogen (secondary N) is 2. The number of hydrogen-bond donors (Lipinski definition) is 3. The minimum absolute atomic E-state index is 0.471. The second-order valence-electron chi connectivity index (χ2n) is 4.18. The topological polar surface area (TPSA) is 102 Å². The number of rotatable bonds is 5. The molecule has 0 saturated heterocycles. The molecule has 2 aromatic rings. The van der Waals surface area contributed by atoms with Crippen molar-refractivity contribution in [3.05, 3.63) is 29.2 Å². The van der Waals surface area contributed by atoms with Crippen molar-refractivity contribution in [3.63, 3.8) is 0 Å². The zero-order valence-electron chi connectivity index (χ0n) is 11.3. The number of hydrogen-bond acceptors (Lipinski definition) is 7. The fourth-order valence-electron chi connectivity index (χ4n) is 1.68. The van der Waals surface area contributed by atoms with Crippen molar-refractivity contribution in [2.24, 2.45) is 5.84 Å². The minimum Gasteiger partial charge on any atom is -0.444 e. The molecule has 0 saturated carbocycles. The van der Waals surface area contributed by atoms with E-state index in [0.29, 0.717) is 18.3 Å². The third-order valence-corrected chi connectivity index (χ3v) is 2.72. The second kappa shape index (κ2) is 5.66. The van der Waals surface area contributed by atoms with E-state index in [1.807, 2.05) is 20.8 Å². The fourth-order valence-corrected chi connectivity index (χ4v) is 1.68. The molecular weight excluding hydrogens is 244 g/mol. The lowest BCUT2D eigenvalue weighted by Gasteiger charge is -2.12. The molecule has 0 atom stereocenters. The highest BCUT2D eigenvalue weighted by Gasteiger charge is 2.10. The molecule has 0 unspecified atom stereocenters. The average Bonchev–Trinajstić information content (AvgIpc) is 2.83. The Bertz CT molecular complexity index is 565. The van der Waals surface area contributed by atoms with Gasteiger partial charge in [-0.2, -0.15) is 0 Å². The van der Waals surface area contributed by atoms with E-state index in [-0.39, 0.29) is 0 Å². The molecule has 0 amide bonds. The van der Waals surface area contributed by atoms with Crippen molar-refractivity contribution >= 4 is 11.6 Å². The zero-order chi connectivity index (χ0) is 13.8. The van der Waals surface area contributed by atoms with E-state index in [4.69, 9.17) is 10.3 Å². The van der Waals surface area contributed by atoms with Gasteiger partial charge in [0, 0.05) is 12.0 Å². The van der Waals surface area contributed by atoms with Gasteiger partial charge in [-0.1, -0.05) is 6.92 Å². The van der Waals surface area contributed by atoms with Gasteiger partial charge in [0.15, 0.2) is 0 Å². The molecule has 7 heteroatoms. The SMILES string of the molecule is CCc1nc(NN)c(C)c(NCc2ncc(C)o2)n1. The van der Waals surface area contributed by atoms with Gasteiger partial charge in [-0.05, 0) is 13.8 Å². The molecule has 0 aromatic carbocycles. The van der Waals surface area contributed by atoms with Gasteiger partial charge in [-0.3, -0.25) is 0 Å². The van der Waals surface area contributed by atoms with Gasteiger partial charge >= 0.3 is 0 Å². The number of nitrogens with two attached hydrogens (primary N) is 1. The Morgan fingerprint density at radius 1 is 1.26 bits per heavy atom. The van der Waals surface area contributed by atoms with Crippen LogP contribution in [0.15, 0.2) is 10.6 Å². The van der Waals surface area contributed by atoms with Gasteiger partial charge < -0.3 is 15.2 Å². The van der Waals surface area contributed by atoms with Gasteiger partial charge in [0.25, 0.3) is 0 Å². The highest BCUT2D eigenvalue weighted by molar-refractivity contribution is 5.56. The van der Waals surface area contributed by atoms with Crippen molar-refractivity contribution in [2.75, 3.05) is 10.7 Å². The highest BCUT2D eigenvalue weighted by atomic mass is 16.4. The number of anilines is 2. The Labute approximate surface area is 111 Å². The molecule has 0 fully saturated rings. The molecule has 2 heterocycles.